The molecule has 1 N–H and O–H groups in total. The number of ether oxygens (including phenoxy) is 1. The minimum Gasteiger partial charge on any atom is -0.465 e. The Bertz CT molecular complexity index is 632. The molecule has 0 bridgehead atoms. The van der Waals surface area contributed by atoms with Gasteiger partial charge in [0.1, 0.15) is 0 Å². The molecule has 0 radical (unpaired) electrons. The predicted octanol–water partition coefficient (Wildman–Crippen LogP) is 3.33. The van der Waals surface area contributed by atoms with Crippen LogP contribution in [0.25, 0.3) is 0 Å². The minimum absolute atomic E-state index is 0.233. The molecule has 0 fully saturated rings. The number of nitrogens with one attached hydrogen (secondary N) is 1. The first-order valence-corrected chi connectivity index (χ1v) is 7.19. The van der Waals surface area contributed by atoms with Crippen molar-refractivity contribution in [3.8, 4) is 0 Å². The molecule has 1 aromatic heterocycles. The van der Waals surface area contributed by atoms with Gasteiger partial charge in [-0.15, -0.1) is 0 Å². The van der Waals surface area contributed by atoms with Gasteiger partial charge in [0, 0.05) is 18.1 Å². The maximum atomic E-state index is 11.9. The number of para-hydroxylation sites is 1. The summed E-state index contributed by atoms with van der Waals surface area (Å²) in [6.07, 6.45) is 3.36. The molecule has 0 aliphatic heterocycles. The first-order chi connectivity index (χ1) is 10.2. The fourth-order valence-electron chi connectivity index (χ4n) is 1.65. The number of pyridine rings is 1. The normalized spacial score (nSPS) is 9.95. The van der Waals surface area contributed by atoms with Gasteiger partial charge in [0.2, 0.25) is 0 Å². The summed E-state index contributed by atoms with van der Waals surface area (Å²) in [5, 5.41) is 2.47. The highest BCUT2D eigenvalue weighted by Gasteiger charge is 2.13. The second-order valence-corrected chi connectivity index (χ2v) is 5.04. The van der Waals surface area contributed by atoms with Gasteiger partial charge in [-0.05, 0) is 29.8 Å². The van der Waals surface area contributed by atoms with Crippen LogP contribution in [-0.2, 0) is 10.5 Å². The van der Waals surface area contributed by atoms with Crippen LogP contribution in [0.5, 0.6) is 0 Å². The van der Waals surface area contributed by atoms with Crippen LogP contribution < -0.4 is 5.32 Å². The highest BCUT2D eigenvalue weighted by Crippen LogP contribution is 2.20. The molecule has 6 heteroatoms. The molecule has 5 nitrogen and oxygen atoms in total. The number of aromatic nitrogens is 1. The van der Waals surface area contributed by atoms with Crippen molar-refractivity contribution < 1.29 is 14.3 Å². The van der Waals surface area contributed by atoms with Crippen LogP contribution in [0.4, 0.5) is 10.5 Å². The monoisotopic (exact) mass is 302 g/mol. The Hall–Kier alpha value is -2.34. The van der Waals surface area contributed by atoms with Crippen molar-refractivity contribution in [1.29, 1.82) is 0 Å². The Morgan fingerprint density at radius 1 is 1.19 bits per heavy atom. The van der Waals surface area contributed by atoms with Gasteiger partial charge in [0.15, 0.2) is 0 Å². The van der Waals surface area contributed by atoms with Crippen molar-refractivity contribution in [2.45, 2.75) is 5.75 Å². The van der Waals surface area contributed by atoms with Gasteiger partial charge in [0.25, 0.3) is 5.24 Å². The lowest BCUT2D eigenvalue weighted by Crippen LogP contribution is -2.11. The van der Waals surface area contributed by atoms with E-state index in [2.05, 4.69) is 15.0 Å². The second kappa shape index (κ2) is 7.44. The van der Waals surface area contributed by atoms with E-state index in [0.717, 1.165) is 17.3 Å². The summed E-state index contributed by atoms with van der Waals surface area (Å²) in [6, 6.07) is 10.4. The van der Waals surface area contributed by atoms with Crippen molar-refractivity contribution in [2.24, 2.45) is 0 Å². The van der Waals surface area contributed by atoms with E-state index in [4.69, 9.17) is 0 Å². The van der Waals surface area contributed by atoms with Crippen LogP contribution in [0.2, 0.25) is 0 Å². The number of amides is 1. The number of benzene rings is 1. The third-order valence-corrected chi connectivity index (χ3v) is 3.53. The summed E-state index contributed by atoms with van der Waals surface area (Å²) in [4.78, 5) is 27.5. The van der Waals surface area contributed by atoms with Gasteiger partial charge in [-0.25, -0.2) is 4.79 Å². The average Bonchev–Trinajstić information content (AvgIpc) is 2.54. The molecule has 0 spiro atoms. The van der Waals surface area contributed by atoms with Gasteiger partial charge in [-0.3, -0.25) is 9.78 Å². The molecule has 1 heterocycles. The van der Waals surface area contributed by atoms with Gasteiger partial charge in [-0.1, -0.05) is 23.9 Å². The zero-order valence-electron chi connectivity index (χ0n) is 11.4. The largest absolute Gasteiger partial charge is 0.465 e. The topological polar surface area (TPSA) is 68.3 Å². The number of carbonyl (C=O) groups excluding carboxylic acids is 2. The number of esters is 1. The van der Waals surface area contributed by atoms with Crippen molar-refractivity contribution in [3.05, 3.63) is 59.9 Å². The van der Waals surface area contributed by atoms with Crippen molar-refractivity contribution in [2.75, 3.05) is 12.4 Å². The molecule has 0 aliphatic rings. The number of nitrogens with zero attached hydrogens (tertiary/aromatic N) is 1. The summed E-state index contributed by atoms with van der Waals surface area (Å²) in [5.41, 5.74) is 1.78. The van der Waals surface area contributed by atoms with Crippen LogP contribution >= 0.6 is 11.8 Å². The molecule has 1 aromatic carbocycles. The van der Waals surface area contributed by atoms with Gasteiger partial charge in [-0.2, -0.15) is 0 Å². The quantitative estimate of drug-likeness (QED) is 0.877. The Kier molecular flexibility index (Phi) is 5.34. The third-order valence-electron chi connectivity index (χ3n) is 2.69. The molecule has 21 heavy (non-hydrogen) atoms. The summed E-state index contributed by atoms with van der Waals surface area (Å²) in [7, 11) is 1.30. The summed E-state index contributed by atoms with van der Waals surface area (Å²) < 4.78 is 4.68. The summed E-state index contributed by atoms with van der Waals surface area (Å²) in [6.45, 7) is 0. The average molecular weight is 302 g/mol. The molecule has 0 atom stereocenters. The van der Waals surface area contributed by atoms with E-state index in [-0.39, 0.29) is 5.24 Å². The van der Waals surface area contributed by atoms with Gasteiger partial charge >= 0.3 is 5.97 Å². The highest BCUT2D eigenvalue weighted by molar-refractivity contribution is 8.13. The third kappa shape index (κ3) is 4.32. The van der Waals surface area contributed by atoms with E-state index in [9.17, 15) is 9.59 Å². The maximum absolute atomic E-state index is 11.9. The number of rotatable bonds is 4. The van der Waals surface area contributed by atoms with E-state index in [0.29, 0.717) is 17.0 Å². The SMILES string of the molecule is COC(=O)c1ccccc1NC(=O)SCc1ccncc1. The van der Waals surface area contributed by atoms with Crippen LogP contribution in [0.3, 0.4) is 0 Å². The molecule has 0 saturated carbocycles. The molecule has 2 aromatic rings. The highest BCUT2D eigenvalue weighted by atomic mass is 32.2. The first kappa shape index (κ1) is 15.1. The molecule has 1 amide bonds. The van der Waals surface area contributed by atoms with Crippen molar-refractivity contribution in [1.82, 2.24) is 4.98 Å². The minimum atomic E-state index is -0.481. The molecule has 0 saturated heterocycles. The molecular weight excluding hydrogens is 288 g/mol. The van der Waals surface area contributed by atoms with Crippen LogP contribution in [0.1, 0.15) is 15.9 Å². The molecule has 0 aliphatic carbocycles. The van der Waals surface area contributed by atoms with E-state index < -0.39 is 5.97 Å². The number of anilines is 1. The van der Waals surface area contributed by atoms with E-state index in [1.165, 1.54) is 7.11 Å². The van der Waals surface area contributed by atoms with Gasteiger partial charge in [0.05, 0.1) is 18.4 Å². The smallest absolute Gasteiger partial charge is 0.339 e. The van der Waals surface area contributed by atoms with E-state index in [1.54, 1.807) is 36.7 Å². The zero-order chi connectivity index (χ0) is 15.1. The fourth-order valence-corrected chi connectivity index (χ4v) is 2.33. The van der Waals surface area contributed by atoms with E-state index >= 15 is 0 Å². The van der Waals surface area contributed by atoms with Crippen LogP contribution in [0.15, 0.2) is 48.8 Å². The molecule has 2 rings (SSSR count). The fraction of sp³-hybridized carbons (Fsp3) is 0.133. The number of hydrogen-bond acceptors (Lipinski definition) is 5. The Balaban J connectivity index is 1.98. The van der Waals surface area contributed by atoms with Gasteiger partial charge < -0.3 is 10.1 Å². The lowest BCUT2D eigenvalue weighted by atomic mass is 10.2. The van der Waals surface area contributed by atoms with Crippen LogP contribution in [-0.4, -0.2) is 23.3 Å². The van der Waals surface area contributed by atoms with Crippen molar-refractivity contribution >= 4 is 28.7 Å². The first-order valence-electron chi connectivity index (χ1n) is 6.20. The predicted molar refractivity (Wildman–Crippen MR) is 82.3 cm³/mol. The van der Waals surface area contributed by atoms with E-state index in [1.807, 2.05) is 12.1 Å². The lowest BCUT2D eigenvalue weighted by molar-refractivity contribution is 0.0602. The summed E-state index contributed by atoms with van der Waals surface area (Å²) >= 11 is 1.12. The Morgan fingerprint density at radius 3 is 2.62 bits per heavy atom. The Labute approximate surface area is 126 Å². The number of methoxy groups -OCH3 is 1. The van der Waals surface area contributed by atoms with Crippen molar-refractivity contribution in [3.63, 3.8) is 0 Å². The number of hydrogen-bond donors (Lipinski definition) is 1. The number of carbonyl (C=O) groups is 2. The second-order valence-electron chi connectivity index (χ2n) is 4.09. The standard InChI is InChI=1S/C15H14N2O3S/c1-20-14(18)12-4-2-3-5-13(12)17-15(19)21-10-11-6-8-16-9-7-11/h2-9H,10H2,1H3,(H,17,19). The maximum Gasteiger partial charge on any atom is 0.339 e. The Morgan fingerprint density at radius 2 is 1.90 bits per heavy atom. The molecular formula is C15H14N2O3S. The molecule has 0 unspecified atom stereocenters. The zero-order valence-corrected chi connectivity index (χ0v) is 12.2. The number of thioether (sulfide) groups is 1. The molecule has 108 valence electrons. The lowest BCUT2D eigenvalue weighted by Gasteiger charge is -2.09. The van der Waals surface area contributed by atoms with Crippen LogP contribution in [0, 0.1) is 0 Å². The summed E-state index contributed by atoms with van der Waals surface area (Å²) in [5.74, 6) is 0.0550.